The van der Waals surface area contributed by atoms with Crippen molar-refractivity contribution in [3.63, 3.8) is 0 Å². The Morgan fingerprint density at radius 3 is 2.08 bits per heavy atom. The standard InChI is InChI=1S/C18H29NO4S/c1-18(13-7-11-6-12(9-13)10-14(18)8-11)23-17(20)15-4-2-3-5-16(15)24(19,21)22/h11-16H,2-10H2,1H3,(H2,19,21,22). The molecule has 136 valence electrons. The van der Waals surface area contributed by atoms with Gasteiger partial charge in [0.1, 0.15) is 5.60 Å². The first-order chi connectivity index (χ1) is 11.3. The monoisotopic (exact) mass is 355 g/mol. The third-order valence-electron chi connectivity index (χ3n) is 7.51. The largest absolute Gasteiger partial charge is 0.459 e. The molecule has 5 rings (SSSR count). The van der Waals surface area contributed by atoms with Crippen LogP contribution in [0.5, 0.6) is 0 Å². The highest BCUT2D eigenvalue weighted by atomic mass is 32.2. The molecule has 0 spiro atoms. The normalized spacial score (nSPS) is 47.6. The number of hydrogen-bond donors (Lipinski definition) is 1. The summed E-state index contributed by atoms with van der Waals surface area (Å²) in [5, 5.41) is 4.62. The van der Waals surface area contributed by atoms with Gasteiger partial charge in [0.25, 0.3) is 0 Å². The number of hydrogen-bond acceptors (Lipinski definition) is 4. The zero-order valence-electron chi connectivity index (χ0n) is 14.4. The fourth-order valence-corrected chi connectivity index (χ4v) is 7.54. The average Bonchev–Trinajstić information content (AvgIpc) is 2.51. The lowest BCUT2D eigenvalue weighted by atomic mass is 9.50. The van der Waals surface area contributed by atoms with Gasteiger partial charge in [0.15, 0.2) is 0 Å². The molecular weight excluding hydrogens is 326 g/mol. The molecule has 0 radical (unpaired) electrons. The van der Waals surface area contributed by atoms with Gasteiger partial charge in [0, 0.05) is 0 Å². The van der Waals surface area contributed by atoms with Crippen molar-refractivity contribution in [1.82, 2.24) is 0 Å². The van der Waals surface area contributed by atoms with E-state index in [9.17, 15) is 13.2 Å². The first kappa shape index (κ1) is 16.8. The zero-order chi connectivity index (χ0) is 17.1. The Morgan fingerprint density at radius 2 is 1.54 bits per heavy atom. The maximum absolute atomic E-state index is 12.9. The van der Waals surface area contributed by atoms with Crippen LogP contribution in [0.15, 0.2) is 0 Å². The molecule has 5 aliphatic rings. The third-order valence-corrected chi connectivity index (χ3v) is 8.92. The number of esters is 1. The van der Waals surface area contributed by atoms with E-state index in [0.717, 1.165) is 24.7 Å². The molecule has 5 nitrogen and oxygen atoms in total. The Labute approximate surface area is 144 Å². The number of sulfonamides is 1. The summed E-state index contributed by atoms with van der Waals surface area (Å²) in [5.74, 6) is 1.63. The second kappa shape index (κ2) is 5.70. The predicted molar refractivity (Wildman–Crippen MR) is 90.4 cm³/mol. The van der Waals surface area contributed by atoms with Crippen LogP contribution in [0.1, 0.15) is 64.7 Å². The van der Waals surface area contributed by atoms with E-state index < -0.39 is 26.8 Å². The van der Waals surface area contributed by atoms with Crippen LogP contribution in [0.2, 0.25) is 0 Å². The summed E-state index contributed by atoms with van der Waals surface area (Å²) in [6.07, 6.45) is 8.77. The van der Waals surface area contributed by atoms with Gasteiger partial charge in [-0.3, -0.25) is 4.79 Å². The van der Waals surface area contributed by atoms with Crippen LogP contribution in [-0.4, -0.2) is 25.2 Å². The van der Waals surface area contributed by atoms with Gasteiger partial charge in [0.2, 0.25) is 10.0 Å². The zero-order valence-corrected chi connectivity index (χ0v) is 15.3. The van der Waals surface area contributed by atoms with E-state index in [1.807, 2.05) is 0 Å². The molecule has 0 aromatic heterocycles. The molecule has 0 aromatic rings. The van der Waals surface area contributed by atoms with Gasteiger partial charge < -0.3 is 4.74 Å². The van der Waals surface area contributed by atoms with E-state index in [0.29, 0.717) is 24.7 Å². The summed E-state index contributed by atoms with van der Waals surface area (Å²) in [6, 6.07) is 0. The van der Waals surface area contributed by atoms with Crippen LogP contribution >= 0.6 is 0 Å². The molecule has 2 N–H and O–H groups in total. The predicted octanol–water partition coefficient (Wildman–Crippen LogP) is 2.59. The van der Waals surface area contributed by atoms with Crippen LogP contribution in [0.4, 0.5) is 0 Å². The van der Waals surface area contributed by atoms with E-state index in [1.165, 1.54) is 32.1 Å². The lowest BCUT2D eigenvalue weighted by molar-refractivity contribution is -0.207. The Bertz CT molecular complexity index is 601. The highest BCUT2D eigenvalue weighted by molar-refractivity contribution is 7.89. The Balaban J connectivity index is 1.53. The molecule has 24 heavy (non-hydrogen) atoms. The summed E-state index contributed by atoms with van der Waals surface area (Å²) in [4.78, 5) is 12.9. The van der Waals surface area contributed by atoms with Crippen molar-refractivity contribution >= 4 is 16.0 Å². The minimum absolute atomic E-state index is 0.316. The van der Waals surface area contributed by atoms with Gasteiger partial charge in [-0.1, -0.05) is 12.8 Å². The first-order valence-corrected chi connectivity index (χ1v) is 11.1. The molecule has 0 aliphatic heterocycles. The lowest BCUT2D eigenvalue weighted by Gasteiger charge is -2.59. The van der Waals surface area contributed by atoms with Gasteiger partial charge in [-0.2, -0.15) is 0 Å². The van der Waals surface area contributed by atoms with E-state index in [1.54, 1.807) is 0 Å². The average molecular weight is 356 g/mol. The van der Waals surface area contributed by atoms with Crippen LogP contribution in [0.25, 0.3) is 0 Å². The smallest absolute Gasteiger partial charge is 0.310 e. The summed E-state index contributed by atoms with van der Waals surface area (Å²) >= 11 is 0. The van der Waals surface area contributed by atoms with Crippen molar-refractivity contribution in [3.05, 3.63) is 0 Å². The number of nitrogens with two attached hydrogens (primary N) is 1. The fraction of sp³-hybridized carbons (Fsp3) is 0.944. The third kappa shape index (κ3) is 2.70. The van der Waals surface area contributed by atoms with Crippen molar-refractivity contribution in [2.45, 2.75) is 75.6 Å². The summed E-state index contributed by atoms with van der Waals surface area (Å²) in [7, 11) is -3.70. The molecule has 0 saturated heterocycles. The molecule has 5 fully saturated rings. The van der Waals surface area contributed by atoms with E-state index in [-0.39, 0.29) is 5.97 Å². The van der Waals surface area contributed by atoms with Crippen molar-refractivity contribution in [2.24, 2.45) is 34.7 Å². The molecule has 5 saturated carbocycles. The lowest BCUT2D eigenvalue weighted by Crippen LogP contribution is -2.59. The SMILES string of the molecule is CC1(OC(=O)C2CCCCC2S(N)(=O)=O)C2CC3CC(C2)CC1C3. The molecule has 0 heterocycles. The molecule has 6 heteroatoms. The number of carbonyl (C=O) groups is 1. The maximum Gasteiger partial charge on any atom is 0.310 e. The van der Waals surface area contributed by atoms with Crippen LogP contribution in [0, 0.1) is 29.6 Å². The maximum atomic E-state index is 12.9. The van der Waals surface area contributed by atoms with Crippen molar-refractivity contribution in [3.8, 4) is 0 Å². The molecule has 2 atom stereocenters. The Morgan fingerprint density at radius 1 is 1.00 bits per heavy atom. The summed E-state index contributed by atoms with van der Waals surface area (Å²) in [5.41, 5.74) is -0.398. The van der Waals surface area contributed by atoms with E-state index in [4.69, 9.17) is 9.88 Å². The molecule has 0 amide bonds. The second-order valence-corrected chi connectivity index (χ2v) is 10.7. The first-order valence-electron chi connectivity index (χ1n) is 9.52. The molecule has 5 aliphatic carbocycles. The van der Waals surface area contributed by atoms with Gasteiger partial charge in [-0.05, 0) is 75.5 Å². The number of rotatable bonds is 3. The molecular formula is C18H29NO4S. The summed E-state index contributed by atoms with van der Waals surface area (Å²) in [6.45, 7) is 2.10. The van der Waals surface area contributed by atoms with Gasteiger partial charge >= 0.3 is 5.97 Å². The van der Waals surface area contributed by atoms with E-state index in [2.05, 4.69) is 6.92 Å². The molecule has 0 aromatic carbocycles. The number of carbonyl (C=O) groups excluding carboxylic acids is 1. The minimum atomic E-state index is -3.70. The second-order valence-electron chi connectivity index (χ2n) is 8.93. The van der Waals surface area contributed by atoms with E-state index >= 15 is 0 Å². The molecule has 4 bridgehead atoms. The highest BCUT2D eigenvalue weighted by Gasteiger charge is 2.57. The summed E-state index contributed by atoms with van der Waals surface area (Å²) < 4.78 is 29.9. The van der Waals surface area contributed by atoms with Crippen LogP contribution in [-0.2, 0) is 19.6 Å². The minimum Gasteiger partial charge on any atom is -0.459 e. The quantitative estimate of drug-likeness (QED) is 0.788. The van der Waals surface area contributed by atoms with Crippen LogP contribution < -0.4 is 5.14 Å². The number of primary sulfonamides is 1. The number of ether oxygens (including phenoxy) is 1. The van der Waals surface area contributed by atoms with Crippen LogP contribution in [0.3, 0.4) is 0 Å². The Hall–Kier alpha value is -0.620. The van der Waals surface area contributed by atoms with Crippen molar-refractivity contribution in [2.75, 3.05) is 0 Å². The van der Waals surface area contributed by atoms with Crippen molar-refractivity contribution < 1.29 is 17.9 Å². The van der Waals surface area contributed by atoms with Gasteiger partial charge in [-0.25, -0.2) is 13.6 Å². The topological polar surface area (TPSA) is 86.5 Å². The Kier molecular flexibility index (Phi) is 3.99. The van der Waals surface area contributed by atoms with Crippen molar-refractivity contribution in [1.29, 1.82) is 0 Å². The van der Waals surface area contributed by atoms with Gasteiger partial charge in [0.05, 0.1) is 11.2 Å². The molecule has 2 unspecified atom stereocenters. The van der Waals surface area contributed by atoms with Gasteiger partial charge in [-0.15, -0.1) is 0 Å². The highest BCUT2D eigenvalue weighted by Crippen LogP contribution is 2.59. The fourth-order valence-electron chi connectivity index (χ4n) is 6.34.